The summed E-state index contributed by atoms with van der Waals surface area (Å²) in [5.74, 6) is -0.747. The first-order valence-electron chi connectivity index (χ1n) is 7.01. The van der Waals surface area contributed by atoms with E-state index in [0.717, 1.165) is 37.4 Å². The molecule has 7 heteroatoms. The van der Waals surface area contributed by atoms with E-state index in [1.54, 1.807) is 4.90 Å². The molecule has 2 heterocycles. The molecule has 20 heavy (non-hydrogen) atoms. The summed E-state index contributed by atoms with van der Waals surface area (Å²) in [6.45, 7) is 0. The topological polar surface area (TPSA) is 83.4 Å². The van der Waals surface area contributed by atoms with E-state index < -0.39 is 12.0 Å². The Labute approximate surface area is 121 Å². The van der Waals surface area contributed by atoms with E-state index in [4.69, 9.17) is 0 Å². The summed E-state index contributed by atoms with van der Waals surface area (Å²) in [5.41, 5.74) is 0.271. The third-order valence-electron chi connectivity index (χ3n) is 4.47. The lowest BCUT2D eigenvalue weighted by Gasteiger charge is -2.46. The maximum absolute atomic E-state index is 12.6. The lowest BCUT2D eigenvalue weighted by molar-refractivity contribution is -0.146. The zero-order valence-corrected chi connectivity index (χ0v) is 11.9. The summed E-state index contributed by atoms with van der Waals surface area (Å²) >= 11 is 0.976. The normalized spacial score (nSPS) is 29.8. The fraction of sp³-hybridized carbons (Fsp3) is 0.692. The van der Waals surface area contributed by atoms with E-state index in [0.29, 0.717) is 12.3 Å². The highest BCUT2D eigenvalue weighted by molar-refractivity contribution is 6.99. The van der Waals surface area contributed by atoms with Crippen LogP contribution < -0.4 is 0 Å². The molecule has 0 aromatic carbocycles. The van der Waals surface area contributed by atoms with Gasteiger partial charge >= 0.3 is 5.97 Å². The number of piperidine rings is 1. The first kappa shape index (κ1) is 13.5. The zero-order chi connectivity index (χ0) is 14.1. The van der Waals surface area contributed by atoms with Gasteiger partial charge < -0.3 is 10.0 Å². The van der Waals surface area contributed by atoms with Crippen molar-refractivity contribution in [3.8, 4) is 0 Å². The molecule has 1 aromatic heterocycles. The molecule has 0 spiro atoms. The third kappa shape index (κ3) is 2.30. The molecular formula is C13H17N3O3S. The summed E-state index contributed by atoms with van der Waals surface area (Å²) in [5, 5.41) is 9.42. The number of carboxylic acids is 1. The SMILES string of the molecule is O=C(O)C1CCC2CCCCC2N1C(=O)c1cnsn1. The van der Waals surface area contributed by atoms with Gasteiger partial charge in [0.25, 0.3) is 5.91 Å². The van der Waals surface area contributed by atoms with Gasteiger partial charge in [0, 0.05) is 6.04 Å². The van der Waals surface area contributed by atoms with Crippen LogP contribution in [0.15, 0.2) is 6.20 Å². The van der Waals surface area contributed by atoms with Crippen molar-refractivity contribution in [2.45, 2.75) is 50.6 Å². The minimum absolute atomic E-state index is 0.0489. The second-order valence-corrected chi connectivity index (χ2v) is 6.11. The molecule has 108 valence electrons. The molecule has 1 N–H and O–H groups in total. The van der Waals surface area contributed by atoms with Crippen LogP contribution in [-0.4, -0.2) is 42.7 Å². The molecule has 1 amide bonds. The minimum Gasteiger partial charge on any atom is -0.480 e. The Bertz CT molecular complexity index is 505. The fourth-order valence-electron chi connectivity index (χ4n) is 3.56. The number of fused-ring (bicyclic) bond motifs is 1. The van der Waals surface area contributed by atoms with Gasteiger partial charge in [-0.2, -0.15) is 8.75 Å². The molecule has 2 aliphatic rings. The molecule has 1 saturated heterocycles. The van der Waals surface area contributed by atoms with Crippen molar-refractivity contribution in [1.82, 2.24) is 13.6 Å². The highest BCUT2D eigenvalue weighted by Crippen LogP contribution is 2.38. The van der Waals surface area contributed by atoms with Crippen LogP contribution in [-0.2, 0) is 4.79 Å². The molecule has 0 bridgehead atoms. The average Bonchev–Trinajstić information content (AvgIpc) is 2.99. The molecule has 1 aliphatic heterocycles. The van der Waals surface area contributed by atoms with Gasteiger partial charge in [0.2, 0.25) is 0 Å². The second-order valence-electron chi connectivity index (χ2n) is 5.55. The number of carbonyl (C=O) groups excluding carboxylic acids is 1. The van der Waals surface area contributed by atoms with Crippen molar-refractivity contribution in [2.24, 2.45) is 5.92 Å². The molecule has 1 saturated carbocycles. The minimum atomic E-state index is -0.912. The van der Waals surface area contributed by atoms with Crippen molar-refractivity contribution in [3.05, 3.63) is 11.9 Å². The predicted octanol–water partition coefficient (Wildman–Crippen LogP) is 1.79. The zero-order valence-electron chi connectivity index (χ0n) is 11.1. The van der Waals surface area contributed by atoms with Crippen LogP contribution in [0.3, 0.4) is 0 Å². The monoisotopic (exact) mass is 295 g/mol. The molecule has 1 aliphatic carbocycles. The van der Waals surface area contributed by atoms with Crippen molar-refractivity contribution in [2.75, 3.05) is 0 Å². The Morgan fingerprint density at radius 2 is 2.05 bits per heavy atom. The van der Waals surface area contributed by atoms with Crippen molar-refractivity contribution in [1.29, 1.82) is 0 Å². The smallest absolute Gasteiger partial charge is 0.326 e. The number of aromatic nitrogens is 2. The van der Waals surface area contributed by atoms with Crippen LogP contribution in [0.25, 0.3) is 0 Å². The van der Waals surface area contributed by atoms with Gasteiger partial charge in [-0.05, 0) is 31.6 Å². The Morgan fingerprint density at radius 3 is 2.75 bits per heavy atom. The molecule has 3 rings (SSSR count). The first-order chi connectivity index (χ1) is 9.68. The number of amides is 1. The predicted molar refractivity (Wildman–Crippen MR) is 72.5 cm³/mol. The Balaban J connectivity index is 1.91. The number of hydrogen-bond acceptors (Lipinski definition) is 5. The summed E-state index contributed by atoms with van der Waals surface area (Å²) in [7, 11) is 0. The largest absolute Gasteiger partial charge is 0.480 e. The second kappa shape index (κ2) is 5.47. The number of likely N-dealkylation sites (tertiary alicyclic amines) is 1. The molecule has 1 aromatic rings. The summed E-state index contributed by atoms with van der Waals surface area (Å²) < 4.78 is 7.82. The number of nitrogens with zero attached hydrogens (tertiary/aromatic N) is 3. The van der Waals surface area contributed by atoms with Gasteiger partial charge in [0.1, 0.15) is 6.04 Å². The lowest BCUT2D eigenvalue weighted by Crippen LogP contribution is -2.57. The standard InChI is InChI=1S/C13H17N3O3S/c17-12(9-7-14-20-15-9)16-10-4-2-1-3-8(10)5-6-11(16)13(18)19/h7-8,10-11H,1-6H2,(H,18,19). The Morgan fingerprint density at radius 1 is 1.25 bits per heavy atom. The lowest BCUT2D eigenvalue weighted by atomic mass is 9.76. The quantitative estimate of drug-likeness (QED) is 0.899. The van der Waals surface area contributed by atoms with E-state index in [-0.39, 0.29) is 17.6 Å². The highest BCUT2D eigenvalue weighted by Gasteiger charge is 2.44. The van der Waals surface area contributed by atoms with Crippen molar-refractivity contribution >= 4 is 23.6 Å². The van der Waals surface area contributed by atoms with E-state index in [2.05, 4.69) is 8.75 Å². The fourth-order valence-corrected chi connectivity index (χ4v) is 3.97. The Kier molecular flexibility index (Phi) is 3.69. The number of carboxylic acid groups (broad SMARTS) is 1. The number of hydrogen-bond donors (Lipinski definition) is 1. The third-order valence-corrected chi connectivity index (χ3v) is 4.95. The first-order valence-corrected chi connectivity index (χ1v) is 7.74. The van der Waals surface area contributed by atoms with Crippen LogP contribution in [0, 0.1) is 5.92 Å². The molecule has 0 radical (unpaired) electrons. The number of carbonyl (C=O) groups is 2. The van der Waals surface area contributed by atoms with Gasteiger partial charge in [-0.25, -0.2) is 4.79 Å². The van der Waals surface area contributed by atoms with E-state index in [1.807, 2.05) is 0 Å². The summed E-state index contributed by atoms with van der Waals surface area (Å²) in [6, 6.07) is -0.670. The molecular weight excluding hydrogens is 278 g/mol. The van der Waals surface area contributed by atoms with Gasteiger partial charge in [-0.15, -0.1) is 0 Å². The molecule has 6 nitrogen and oxygen atoms in total. The highest BCUT2D eigenvalue weighted by atomic mass is 32.1. The van der Waals surface area contributed by atoms with Gasteiger partial charge in [-0.3, -0.25) is 4.79 Å². The van der Waals surface area contributed by atoms with Crippen LogP contribution >= 0.6 is 11.7 Å². The van der Waals surface area contributed by atoms with E-state index in [1.165, 1.54) is 12.6 Å². The van der Waals surface area contributed by atoms with Crippen LogP contribution in [0.2, 0.25) is 0 Å². The summed E-state index contributed by atoms with van der Waals surface area (Å²) in [6.07, 6.45) is 7.11. The maximum Gasteiger partial charge on any atom is 0.326 e. The van der Waals surface area contributed by atoms with Gasteiger partial charge in [-0.1, -0.05) is 12.8 Å². The Hall–Kier alpha value is -1.50. The van der Waals surface area contributed by atoms with Crippen molar-refractivity contribution in [3.63, 3.8) is 0 Å². The van der Waals surface area contributed by atoms with E-state index in [9.17, 15) is 14.7 Å². The van der Waals surface area contributed by atoms with Gasteiger partial charge in [0.15, 0.2) is 5.69 Å². The van der Waals surface area contributed by atoms with Crippen LogP contribution in [0.1, 0.15) is 49.0 Å². The number of rotatable bonds is 2. The maximum atomic E-state index is 12.6. The van der Waals surface area contributed by atoms with Crippen molar-refractivity contribution < 1.29 is 14.7 Å². The molecule has 2 fully saturated rings. The van der Waals surface area contributed by atoms with Gasteiger partial charge in [0.05, 0.1) is 17.9 Å². The van der Waals surface area contributed by atoms with Crippen LogP contribution in [0.5, 0.6) is 0 Å². The molecule has 3 unspecified atom stereocenters. The average molecular weight is 295 g/mol. The molecule has 3 atom stereocenters. The van der Waals surface area contributed by atoms with E-state index >= 15 is 0 Å². The summed E-state index contributed by atoms with van der Waals surface area (Å²) in [4.78, 5) is 25.7. The van der Waals surface area contributed by atoms with Crippen LogP contribution in [0.4, 0.5) is 0 Å². The number of aliphatic carboxylic acids is 1.